The van der Waals surface area contributed by atoms with Gasteiger partial charge in [0.25, 0.3) is 0 Å². The van der Waals surface area contributed by atoms with E-state index >= 15 is 0 Å². The summed E-state index contributed by atoms with van der Waals surface area (Å²) in [6, 6.07) is 56.5. The molecule has 0 saturated heterocycles. The van der Waals surface area contributed by atoms with E-state index in [0.717, 1.165) is 61.5 Å². The highest BCUT2D eigenvalue weighted by molar-refractivity contribution is 6.36. The third kappa shape index (κ3) is 5.35. The second-order valence-electron chi connectivity index (χ2n) is 10.6. The Balaban J connectivity index is 1.38. The van der Waals surface area contributed by atoms with Crippen molar-refractivity contribution in [1.29, 1.82) is 5.41 Å². The van der Waals surface area contributed by atoms with Crippen molar-refractivity contribution >= 4 is 28.8 Å². The largest absolute Gasteiger partial charge is 0.354 e. The van der Waals surface area contributed by atoms with Gasteiger partial charge in [0.15, 0.2) is 0 Å². The molecular weight excluding hydrogens is 520 g/mol. The van der Waals surface area contributed by atoms with Crippen LogP contribution >= 0.6 is 0 Å². The second-order valence-corrected chi connectivity index (χ2v) is 10.6. The van der Waals surface area contributed by atoms with Gasteiger partial charge in [-0.05, 0) is 45.0 Å². The summed E-state index contributed by atoms with van der Waals surface area (Å²) < 4.78 is 0. The maximum atomic E-state index is 9.65. The van der Waals surface area contributed by atoms with E-state index in [4.69, 9.17) is 0 Å². The molecule has 7 rings (SSSR count). The molecule has 0 radical (unpaired) electrons. The zero-order chi connectivity index (χ0) is 29.0. The first-order chi connectivity index (χ1) is 21.2. The monoisotopic (exact) mass is 550 g/mol. The van der Waals surface area contributed by atoms with E-state index in [2.05, 4.69) is 157 Å². The summed E-state index contributed by atoms with van der Waals surface area (Å²) >= 11 is 0. The van der Waals surface area contributed by atoms with Gasteiger partial charge in [0.2, 0.25) is 0 Å². The van der Waals surface area contributed by atoms with Crippen LogP contribution in [-0.2, 0) is 0 Å². The van der Waals surface area contributed by atoms with Crippen molar-refractivity contribution in [2.24, 2.45) is 0 Å². The van der Waals surface area contributed by atoms with Crippen LogP contribution in [0.1, 0.15) is 27.8 Å². The van der Waals surface area contributed by atoms with Crippen LogP contribution in [0.25, 0.3) is 45.3 Å². The Labute approximate surface area is 252 Å². The van der Waals surface area contributed by atoms with Gasteiger partial charge in [-0.15, -0.1) is 0 Å². The lowest BCUT2D eigenvalue weighted by molar-refractivity contribution is 1.22. The quantitative estimate of drug-likeness (QED) is 0.199. The first-order valence-electron chi connectivity index (χ1n) is 14.5. The minimum atomic E-state index is 0.471. The number of rotatable bonds is 6. The van der Waals surface area contributed by atoms with Gasteiger partial charge in [0.1, 0.15) is 0 Å². The maximum Gasteiger partial charge on any atom is 0.0711 e. The highest BCUT2D eigenvalue weighted by Crippen LogP contribution is 2.37. The summed E-state index contributed by atoms with van der Waals surface area (Å²) in [5.74, 6) is 0. The number of nitrogens with one attached hydrogen (secondary N) is 2. The van der Waals surface area contributed by atoms with Crippen LogP contribution in [0.15, 0.2) is 164 Å². The number of fused-ring (bicyclic) bond motifs is 1. The molecule has 1 aliphatic heterocycles. The SMILES string of the molecule is N=C(/C(=C1\NC(c2ccccc2)=Cc2ccccc21)c1ccc(-c2ccccc2)cc1)c1ccc(-c2ccccc2)cc1. The van der Waals surface area contributed by atoms with Gasteiger partial charge < -0.3 is 5.32 Å². The summed E-state index contributed by atoms with van der Waals surface area (Å²) in [5, 5.41) is 13.4. The van der Waals surface area contributed by atoms with E-state index in [1.165, 1.54) is 5.56 Å². The molecule has 43 heavy (non-hydrogen) atoms. The molecule has 0 spiro atoms. The van der Waals surface area contributed by atoms with Crippen LogP contribution in [0.2, 0.25) is 0 Å². The number of allylic oxidation sites excluding steroid dienone is 1. The Morgan fingerprint density at radius 2 is 0.860 bits per heavy atom. The van der Waals surface area contributed by atoms with Crippen LogP contribution in [-0.4, -0.2) is 5.71 Å². The molecule has 0 bridgehead atoms. The molecule has 0 unspecified atom stereocenters. The van der Waals surface area contributed by atoms with Gasteiger partial charge >= 0.3 is 0 Å². The molecule has 0 aliphatic carbocycles. The number of hydrogen-bond acceptors (Lipinski definition) is 2. The molecular formula is C41H30N2. The highest BCUT2D eigenvalue weighted by atomic mass is 14.9. The Kier molecular flexibility index (Phi) is 7.09. The van der Waals surface area contributed by atoms with Crippen LogP contribution < -0.4 is 5.32 Å². The lowest BCUT2D eigenvalue weighted by Gasteiger charge is -2.26. The molecule has 2 heteroatoms. The molecule has 6 aromatic rings. The van der Waals surface area contributed by atoms with Crippen molar-refractivity contribution in [2.45, 2.75) is 0 Å². The molecule has 2 nitrogen and oxygen atoms in total. The topological polar surface area (TPSA) is 35.9 Å². The highest BCUT2D eigenvalue weighted by Gasteiger charge is 2.23. The maximum absolute atomic E-state index is 9.65. The molecule has 1 heterocycles. The van der Waals surface area contributed by atoms with Gasteiger partial charge in [-0.1, -0.05) is 164 Å². The Hall–Kier alpha value is -5.73. The molecule has 0 fully saturated rings. The summed E-state index contributed by atoms with van der Waals surface area (Å²) in [6.07, 6.45) is 2.20. The summed E-state index contributed by atoms with van der Waals surface area (Å²) in [7, 11) is 0. The van der Waals surface area contributed by atoms with Crippen molar-refractivity contribution < 1.29 is 0 Å². The lowest BCUT2D eigenvalue weighted by atomic mass is 9.87. The van der Waals surface area contributed by atoms with E-state index in [9.17, 15) is 5.41 Å². The van der Waals surface area contributed by atoms with Crippen LogP contribution in [0.3, 0.4) is 0 Å². The van der Waals surface area contributed by atoms with Crippen molar-refractivity contribution in [2.75, 3.05) is 0 Å². The standard InChI is InChI=1S/C41H30N2/c42-40(35-26-22-32(23-27-35)30-14-6-2-7-15-30)39(34-24-20-31(21-25-34)29-12-4-1-5-13-29)41-37-19-11-10-18-36(37)28-38(43-41)33-16-8-3-9-17-33/h1-28,42-43H/b41-39-,42-40?. The third-order valence-electron chi connectivity index (χ3n) is 7.94. The van der Waals surface area contributed by atoms with E-state index in [-0.39, 0.29) is 0 Å². The molecule has 204 valence electrons. The van der Waals surface area contributed by atoms with E-state index in [1.807, 2.05) is 18.2 Å². The van der Waals surface area contributed by atoms with E-state index < -0.39 is 0 Å². The lowest BCUT2D eigenvalue weighted by Crippen LogP contribution is -2.20. The molecule has 0 aromatic heterocycles. The van der Waals surface area contributed by atoms with Gasteiger partial charge in [0.05, 0.1) is 11.4 Å². The molecule has 6 aromatic carbocycles. The van der Waals surface area contributed by atoms with Crippen LogP contribution in [0.5, 0.6) is 0 Å². The predicted octanol–water partition coefficient (Wildman–Crippen LogP) is 10.1. The van der Waals surface area contributed by atoms with E-state index in [0.29, 0.717) is 5.71 Å². The Bertz CT molecular complexity index is 1950. The average molecular weight is 551 g/mol. The van der Waals surface area contributed by atoms with Gasteiger partial charge in [-0.3, -0.25) is 5.41 Å². The Morgan fingerprint density at radius 1 is 0.419 bits per heavy atom. The van der Waals surface area contributed by atoms with Crippen LogP contribution in [0.4, 0.5) is 0 Å². The van der Waals surface area contributed by atoms with E-state index in [1.54, 1.807) is 0 Å². The fourth-order valence-corrected chi connectivity index (χ4v) is 5.69. The smallest absolute Gasteiger partial charge is 0.0711 e. The fraction of sp³-hybridized carbons (Fsp3) is 0. The number of hydrogen-bond donors (Lipinski definition) is 2. The van der Waals surface area contributed by atoms with Crippen LogP contribution in [0, 0.1) is 5.41 Å². The number of benzene rings is 6. The third-order valence-corrected chi connectivity index (χ3v) is 7.94. The van der Waals surface area contributed by atoms with Gasteiger partial charge in [-0.2, -0.15) is 0 Å². The molecule has 0 saturated carbocycles. The summed E-state index contributed by atoms with van der Waals surface area (Å²) in [4.78, 5) is 0. The van der Waals surface area contributed by atoms with Crippen molar-refractivity contribution in [3.63, 3.8) is 0 Å². The second kappa shape index (κ2) is 11.6. The van der Waals surface area contributed by atoms with Crippen molar-refractivity contribution in [1.82, 2.24) is 5.32 Å². The summed E-state index contributed by atoms with van der Waals surface area (Å²) in [6.45, 7) is 0. The Morgan fingerprint density at radius 3 is 1.42 bits per heavy atom. The first kappa shape index (κ1) is 26.2. The van der Waals surface area contributed by atoms with Crippen molar-refractivity contribution in [3.05, 3.63) is 192 Å². The van der Waals surface area contributed by atoms with Gasteiger partial charge in [0, 0.05) is 22.4 Å². The average Bonchev–Trinajstić information content (AvgIpc) is 3.10. The minimum Gasteiger partial charge on any atom is -0.354 e. The molecule has 0 amide bonds. The summed E-state index contributed by atoms with van der Waals surface area (Å²) in [5.41, 5.74) is 13.1. The first-order valence-corrected chi connectivity index (χ1v) is 14.5. The van der Waals surface area contributed by atoms with Gasteiger partial charge in [-0.25, -0.2) is 0 Å². The normalized spacial score (nSPS) is 13.3. The molecule has 0 atom stereocenters. The predicted molar refractivity (Wildman–Crippen MR) is 181 cm³/mol. The zero-order valence-electron chi connectivity index (χ0n) is 23.7. The molecule has 2 N–H and O–H groups in total. The zero-order valence-corrected chi connectivity index (χ0v) is 23.7. The van der Waals surface area contributed by atoms with Crippen molar-refractivity contribution in [3.8, 4) is 22.3 Å². The minimum absolute atomic E-state index is 0.471. The fourth-order valence-electron chi connectivity index (χ4n) is 5.69. The molecule has 1 aliphatic rings.